The summed E-state index contributed by atoms with van der Waals surface area (Å²) in [5.41, 5.74) is 3.10. The first-order valence-corrected chi connectivity index (χ1v) is 9.11. The summed E-state index contributed by atoms with van der Waals surface area (Å²) in [5.74, 6) is 0.795. The van der Waals surface area contributed by atoms with Gasteiger partial charge in [-0.05, 0) is 44.7 Å². The molecule has 1 rings (SSSR count). The van der Waals surface area contributed by atoms with Crippen molar-refractivity contribution in [2.75, 3.05) is 0 Å². The van der Waals surface area contributed by atoms with Crippen LogP contribution in [0.1, 0.15) is 86.8 Å². The number of benzene rings is 1. The predicted molar refractivity (Wildman–Crippen MR) is 109 cm³/mol. The lowest BCUT2D eigenvalue weighted by Crippen LogP contribution is -1.87. The van der Waals surface area contributed by atoms with Crippen molar-refractivity contribution in [3.8, 4) is 0 Å². The Kier molecular flexibility index (Phi) is 30.1. The van der Waals surface area contributed by atoms with E-state index in [1.54, 1.807) is 6.07 Å². The molecule has 0 heterocycles. The van der Waals surface area contributed by atoms with E-state index in [4.69, 9.17) is 0 Å². The van der Waals surface area contributed by atoms with Gasteiger partial charge in [0.15, 0.2) is 0 Å². The Labute approximate surface area is 147 Å². The van der Waals surface area contributed by atoms with Gasteiger partial charge in [0, 0.05) is 0 Å². The molecule has 0 aromatic heterocycles. The summed E-state index contributed by atoms with van der Waals surface area (Å²) in [6, 6.07) is 5.19. The van der Waals surface area contributed by atoms with Gasteiger partial charge in [0.1, 0.15) is 5.82 Å². The number of allylic oxidation sites excluding steroid dienone is 1. The molecule has 0 aliphatic carbocycles. The minimum Gasteiger partial charge on any atom is -0.207 e. The Hall–Kier alpha value is -1.11. The second kappa shape index (κ2) is 23.2. The van der Waals surface area contributed by atoms with E-state index in [2.05, 4.69) is 27.4 Å². The van der Waals surface area contributed by atoms with Crippen molar-refractivity contribution in [2.24, 2.45) is 5.92 Å². The summed E-state index contributed by atoms with van der Waals surface area (Å²) < 4.78 is 12.8. The molecule has 0 nitrogen and oxygen atoms in total. The minimum absolute atomic E-state index is 0.0897. The van der Waals surface area contributed by atoms with Crippen molar-refractivity contribution in [3.05, 3.63) is 47.3 Å². The first-order chi connectivity index (χ1) is 10.7. The lowest BCUT2D eigenvalue weighted by molar-refractivity contribution is 0.611. The van der Waals surface area contributed by atoms with Crippen LogP contribution in [0.3, 0.4) is 0 Å². The average Bonchev–Trinajstić information content (AvgIpc) is 2.53. The molecule has 0 spiro atoms. The van der Waals surface area contributed by atoms with Crippen LogP contribution in [0.25, 0.3) is 0 Å². The monoisotopic (exact) mass is 326 g/mol. The van der Waals surface area contributed by atoms with E-state index in [0.29, 0.717) is 0 Å². The standard InChI is InChI=1S/C9H11F.C5H12.C4H8.2C2H6/c1-3-8-6-7(2)4-5-9(8)10;1-4-5(2)3;1-4(2)3;2*1-2/h4-6H,3H2,1-2H3;5H,4H2,1-3H3;1H2,2-3H3;2*1-2H3. The summed E-state index contributed by atoms with van der Waals surface area (Å²) in [6.45, 7) is 26.1. The summed E-state index contributed by atoms with van der Waals surface area (Å²) in [7, 11) is 0. The third-order valence-electron chi connectivity index (χ3n) is 2.40. The fraction of sp³-hybridized carbons (Fsp3) is 0.636. The van der Waals surface area contributed by atoms with Crippen LogP contribution in [0.4, 0.5) is 4.39 Å². The summed E-state index contributed by atoms with van der Waals surface area (Å²) in [6.07, 6.45) is 2.08. The zero-order chi connectivity index (χ0) is 19.4. The van der Waals surface area contributed by atoms with E-state index in [-0.39, 0.29) is 5.82 Å². The fourth-order valence-electron chi connectivity index (χ4n) is 0.974. The van der Waals surface area contributed by atoms with Gasteiger partial charge < -0.3 is 0 Å². The molecule has 0 radical (unpaired) electrons. The summed E-state index contributed by atoms with van der Waals surface area (Å²) in [5, 5.41) is 0. The Morgan fingerprint density at radius 1 is 1.04 bits per heavy atom. The van der Waals surface area contributed by atoms with E-state index < -0.39 is 0 Å². The van der Waals surface area contributed by atoms with Crippen LogP contribution in [0.2, 0.25) is 0 Å². The molecule has 0 atom stereocenters. The lowest BCUT2D eigenvalue weighted by atomic mass is 10.1. The molecule has 0 bridgehead atoms. The zero-order valence-electron chi connectivity index (χ0n) is 17.8. The molecule has 0 aliphatic rings. The minimum atomic E-state index is -0.0897. The summed E-state index contributed by atoms with van der Waals surface area (Å²) in [4.78, 5) is 0. The molecule has 23 heavy (non-hydrogen) atoms. The van der Waals surface area contributed by atoms with E-state index in [1.165, 1.54) is 18.1 Å². The molecule has 0 saturated heterocycles. The van der Waals surface area contributed by atoms with E-state index in [0.717, 1.165) is 23.5 Å². The molecule has 138 valence electrons. The largest absolute Gasteiger partial charge is 0.207 e. The molecule has 0 N–H and O–H groups in total. The van der Waals surface area contributed by atoms with Crippen LogP contribution in [0, 0.1) is 18.7 Å². The fourth-order valence-corrected chi connectivity index (χ4v) is 0.974. The zero-order valence-corrected chi connectivity index (χ0v) is 17.8. The van der Waals surface area contributed by atoms with Crippen LogP contribution in [0.15, 0.2) is 30.4 Å². The first-order valence-electron chi connectivity index (χ1n) is 9.11. The second-order valence-electron chi connectivity index (χ2n) is 5.46. The van der Waals surface area contributed by atoms with Crippen LogP contribution in [-0.2, 0) is 6.42 Å². The van der Waals surface area contributed by atoms with Crippen molar-refractivity contribution < 1.29 is 4.39 Å². The molecule has 1 aromatic carbocycles. The van der Waals surface area contributed by atoms with Crippen LogP contribution in [0.5, 0.6) is 0 Å². The Morgan fingerprint density at radius 3 is 1.61 bits per heavy atom. The third-order valence-corrected chi connectivity index (χ3v) is 2.40. The van der Waals surface area contributed by atoms with Gasteiger partial charge in [-0.1, -0.05) is 85.1 Å². The molecule has 1 heteroatoms. The SMILES string of the molecule is C=C(C)C.CC.CC.CCC(C)C.CCc1cc(C)ccc1F. The maximum absolute atomic E-state index is 12.8. The van der Waals surface area contributed by atoms with Crippen molar-refractivity contribution >= 4 is 0 Å². The van der Waals surface area contributed by atoms with Crippen molar-refractivity contribution in [2.45, 2.75) is 89.0 Å². The van der Waals surface area contributed by atoms with E-state index in [9.17, 15) is 4.39 Å². The van der Waals surface area contributed by atoms with Gasteiger partial charge in [-0.25, -0.2) is 4.39 Å². The highest BCUT2D eigenvalue weighted by Gasteiger charge is 1.97. The van der Waals surface area contributed by atoms with Crippen LogP contribution >= 0.6 is 0 Å². The van der Waals surface area contributed by atoms with Gasteiger partial charge in [-0.2, -0.15) is 0 Å². The van der Waals surface area contributed by atoms with E-state index >= 15 is 0 Å². The highest BCUT2D eigenvalue weighted by molar-refractivity contribution is 5.23. The molecular formula is C22H43F. The third kappa shape index (κ3) is 29.5. The van der Waals surface area contributed by atoms with Gasteiger partial charge >= 0.3 is 0 Å². The second-order valence-corrected chi connectivity index (χ2v) is 5.46. The normalized spacial score (nSPS) is 8.04. The number of hydrogen-bond acceptors (Lipinski definition) is 0. The van der Waals surface area contributed by atoms with Crippen LogP contribution in [-0.4, -0.2) is 0 Å². The molecule has 0 unspecified atom stereocenters. The van der Waals surface area contributed by atoms with Gasteiger partial charge in [-0.3, -0.25) is 0 Å². The van der Waals surface area contributed by atoms with Crippen molar-refractivity contribution in [3.63, 3.8) is 0 Å². The van der Waals surface area contributed by atoms with Crippen LogP contribution < -0.4 is 0 Å². The molecule has 0 aliphatic heterocycles. The molecular weight excluding hydrogens is 283 g/mol. The van der Waals surface area contributed by atoms with Crippen molar-refractivity contribution in [1.82, 2.24) is 0 Å². The number of hydrogen-bond donors (Lipinski definition) is 0. The number of aryl methyl sites for hydroxylation is 2. The average molecular weight is 327 g/mol. The predicted octanol–water partition coefficient (Wildman–Crippen LogP) is 8.38. The Morgan fingerprint density at radius 2 is 1.39 bits per heavy atom. The smallest absolute Gasteiger partial charge is 0.126 e. The molecule has 0 saturated carbocycles. The quantitative estimate of drug-likeness (QED) is 0.479. The van der Waals surface area contributed by atoms with E-state index in [1.807, 2.05) is 61.5 Å². The Balaban J connectivity index is -0.000000118. The molecule has 1 aromatic rings. The topological polar surface area (TPSA) is 0 Å². The van der Waals surface area contributed by atoms with Gasteiger partial charge in [-0.15, -0.1) is 6.58 Å². The highest BCUT2D eigenvalue weighted by atomic mass is 19.1. The van der Waals surface area contributed by atoms with Gasteiger partial charge in [0.05, 0.1) is 0 Å². The first kappa shape index (κ1) is 29.8. The maximum Gasteiger partial charge on any atom is 0.126 e. The summed E-state index contributed by atoms with van der Waals surface area (Å²) >= 11 is 0. The molecule has 0 amide bonds. The number of halogens is 1. The van der Waals surface area contributed by atoms with Crippen molar-refractivity contribution in [1.29, 1.82) is 0 Å². The number of rotatable bonds is 2. The lowest BCUT2D eigenvalue weighted by Gasteiger charge is -1.99. The Bertz CT molecular complexity index is 347. The molecule has 0 fully saturated rings. The maximum atomic E-state index is 12.8. The highest BCUT2D eigenvalue weighted by Crippen LogP contribution is 2.09. The van der Waals surface area contributed by atoms with Gasteiger partial charge in [0.2, 0.25) is 0 Å². The van der Waals surface area contributed by atoms with Gasteiger partial charge in [0.25, 0.3) is 0 Å².